The van der Waals surface area contributed by atoms with Crippen LogP contribution in [0.5, 0.6) is 0 Å². The molecule has 24 heavy (non-hydrogen) atoms. The van der Waals surface area contributed by atoms with E-state index in [1.54, 1.807) is 0 Å². The van der Waals surface area contributed by atoms with E-state index < -0.39 is 18.1 Å². The van der Waals surface area contributed by atoms with Crippen LogP contribution < -0.4 is 5.73 Å². The first-order valence-electron chi connectivity index (χ1n) is 8.05. The van der Waals surface area contributed by atoms with Gasteiger partial charge in [0.1, 0.15) is 0 Å². The van der Waals surface area contributed by atoms with Gasteiger partial charge in [-0.1, -0.05) is 12.2 Å². The van der Waals surface area contributed by atoms with Crippen molar-refractivity contribution in [2.24, 2.45) is 23.5 Å². The van der Waals surface area contributed by atoms with Gasteiger partial charge in [-0.2, -0.15) is 13.2 Å². The first-order chi connectivity index (χ1) is 11.1. The lowest BCUT2D eigenvalue weighted by Gasteiger charge is -2.27. The number of allylic oxidation sites excluding steroid dienone is 2. The average Bonchev–Trinajstić information content (AvgIpc) is 3.04. The second-order valence-electron chi connectivity index (χ2n) is 6.37. The van der Waals surface area contributed by atoms with Crippen molar-refractivity contribution in [2.75, 3.05) is 0 Å². The zero-order valence-electron chi connectivity index (χ0n) is 13.3. The first kappa shape index (κ1) is 20.5. The number of nitrogens with two attached hydrogens (primary N) is 1. The van der Waals surface area contributed by atoms with Gasteiger partial charge in [0.2, 0.25) is 0 Å². The number of hydrogen-bond donors (Lipinski definition) is 3. The van der Waals surface area contributed by atoms with E-state index >= 15 is 0 Å². The molecule has 0 aliphatic heterocycles. The fourth-order valence-corrected chi connectivity index (χ4v) is 3.55. The van der Waals surface area contributed by atoms with Crippen LogP contribution in [0.4, 0.5) is 13.2 Å². The number of halogens is 3. The molecule has 0 heterocycles. The van der Waals surface area contributed by atoms with E-state index in [1.165, 1.54) is 19.3 Å². The molecular weight excluding hydrogens is 327 g/mol. The number of unbranched alkanes of at least 4 members (excludes halogenated alkanes) is 1. The highest BCUT2D eigenvalue weighted by atomic mass is 19.4. The van der Waals surface area contributed by atoms with Gasteiger partial charge in [-0.25, -0.2) is 4.79 Å². The van der Waals surface area contributed by atoms with Gasteiger partial charge >= 0.3 is 18.1 Å². The maximum atomic E-state index is 10.6. The highest BCUT2D eigenvalue weighted by Gasteiger charge is 2.44. The molecule has 2 bridgehead atoms. The van der Waals surface area contributed by atoms with E-state index in [9.17, 15) is 18.0 Å². The fraction of sp³-hybridized carbons (Fsp3) is 0.750. The van der Waals surface area contributed by atoms with E-state index in [-0.39, 0.29) is 6.42 Å². The van der Waals surface area contributed by atoms with Gasteiger partial charge in [-0.05, 0) is 56.3 Å². The Balaban J connectivity index is 0.000000351. The Morgan fingerprint density at radius 2 is 1.71 bits per heavy atom. The zero-order chi connectivity index (χ0) is 18.3. The maximum Gasteiger partial charge on any atom is 0.490 e. The smallest absolute Gasteiger partial charge is 0.481 e. The summed E-state index contributed by atoms with van der Waals surface area (Å²) in [6, 6.07) is 0.414. The number of rotatable bonds is 6. The molecule has 4 unspecified atom stereocenters. The van der Waals surface area contributed by atoms with Crippen LogP contribution in [0.1, 0.15) is 44.9 Å². The van der Waals surface area contributed by atoms with Crippen molar-refractivity contribution in [3.63, 3.8) is 0 Å². The van der Waals surface area contributed by atoms with Crippen LogP contribution in [0.2, 0.25) is 0 Å². The van der Waals surface area contributed by atoms with E-state index in [2.05, 4.69) is 12.2 Å². The Morgan fingerprint density at radius 3 is 2.17 bits per heavy atom. The fourth-order valence-electron chi connectivity index (χ4n) is 3.55. The number of carboxylic acids is 2. The van der Waals surface area contributed by atoms with Gasteiger partial charge in [-0.3, -0.25) is 4.79 Å². The van der Waals surface area contributed by atoms with Crippen LogP contribution in [0.15, 0.2) is 12.2 Å². The molecule has 0 amide bonds. The summed E-state index contributed by atoms with van der Waals surface area (Å²) < 4.78 is 31.7. The van der Waals surface area contributed by atoms with Gasteiger partial charge in [0, 0.05) is 12.5 Å². The molecule has 5 nitrogen and oxygen atoms in total. The standard InChI is InChI=1S/C14H23NO2.C2HF3O2/c15-14-11-8-7-10(9-11)12(14)5-3-1-2-4-6-13(16)17;3-2(4,5)1(6)7/h1,3,10-12,14H,2,4-9,15H2,(H,16,17);(H,6,7)/b3-1-;. The molecule has 0 saturated heterocycles. The minimum atomic E-state index is -5.08. The first-order valence-corrected chi connectivity index (χ1v) is 8.05. The van der Waals surface area contributed by atoms with Crippen molar-refractivity contribution in [3.05, 3.63) is 12.2 Å². The van der Waals surface area contributed by atoms with E-state index in [1.807, 2.05) is 0 Å². The minimum Gasteiger partial charge on any atom is -0.481 e. The molecule has 2 saturated carbocycles. The molecule has 2 aliphatic rings. The lowest BCUT2D eigenvalue weighted by Crippen LogP contribution is -2.35. The molecule has 2 rings (SSSR count). The second-order valence-corrected chi connectivity index (χ2v) is 6.37. The molecule has 4 N–H and O–H groups in total. The predicted octanol–water partition coefficient (Wildman–Crippen LogP) is 3.19. The van der Waals surface area contributed by atoms with Crippen LogP contribution in [0.25, 0.3) is 0 Å². The summed E-state index contributed by atoms with van der Waals surface area (Å²) in [5.41, 5.74) is 6.23. The summed E-state index contributed by atoms with van der Waals surface area (Å²) in [4.78, 5) is 19.2. The Morgan fingerprint density at radius 1 is 1.12 bits per heavy atom. The summed E-state index contributed by atoms with van der Waals surface area (Å²) >= 11 is 0. The molecule has 0 spiro atoms. The van der Waals surface area contributed by atoms with Crippen molar-refractivity contribution in [1.29, 1.82) is 0 Å². The van der Waals surface area contributed by atoms with Crippen molar-refractivity contribution in [1.82, 2.24) is 0 Å². The van der Waals surface area contributed by atoms with Gasteiger partial charge < -0.3 is 15.9 Å². The number of carboxylic acid groups (broad SMARTS) is 2. The number of alkyl halides is 3. The largest absolute Gasteiger partial charge is 0.490 e. The Labute approximate surface area is 138 Å². The summed E-state index contributed by atoms with van der Waals surface area (Å²) in [6.45, 7) is 0. The maximum absolute atomic E-state index is 10.6. The third kappa shape index (κ3) is 6.51. The lowest BCUT2D eigenvalue weighted by molar-refractivity contribution is -0.192. The summed E-state index contributed by atoms with van der Waals surface area (Å²) in [6.07, 6.45) is 6.30. The monoisotopic (exact) mass is 351 g/mol. The second kappa shape index (κ2) is 9.05. The molecule has 2 fully saturated rings. The van der Waals surface area contributed by atoms with Crippen molar-refractivity contribution < 1.29 is 33.0 Å². The third-order valence-corrected chi connectivity index (χ3v) is 4.74. The lowest BCUT2D eigenvalue weighted by atomic mass is 9.83. The van der Waals surface area contributed by atoms with Crippen molar-refractivity contribution in [3.8, 4) is 0 Å². The molecule has 0 radical (unpaired) electrons. The average molecular weight is 351 g/mol. The van der Waals surface area contributed by atoms with Crippen LogP contribution in [-0.4, -0.2) is 34.4 Å². The molecule has 0 aromatic carbocycles. The van der Waals surface area contributed by atoms with E-state index in [4.69, 9.17) is 20.7 Å². The Kier molecular flexibility index (Phi) is 7.72. The van der Waals surface area contributed by atoms with E-state index in [0.717, 1.165) is 31.1 Å². The molecule has 8 heteroatoms. The van der Waals surface area contributed by atoms with Crippen LogP contribution >= 0.6 is 0 Å². The van der Waals surface area contributed by atoms with Crippen LogP contribution in [0, 0.1) is 17.8 Å². The molecule has 0 aromatic rings. The third-order valence-electron chi connectivity index (χ3n) is 4.74. The van der Waals surface area contributed by atoms with Gasteiger partial charge in [0.05, 0.1) is 0 Å². The predicted molar refractivity (Wildman–Crippen MR) is 81.2 cm³/mol. The summed E-state index contributed by atoms with van der Waals surface area (Å²) in [7, 11) is 0. The molecule has 2 aliphatic carbocycles. The normalized spacial score (nSPS) is 28.7. The minimum absolute atomic E-state index is 0.276. The van der Waals surface area contributed by atoms with Gasteiger partial charge in [0.25, 0.3) is 0 Å². The summed E-state index contributed by atoms with van der Waals surface area (Å²) in [5.74, 6) is -1.13. The Hall–Kier alpha value is -1.57. The quantitative estimate of drug-likeness (QED) is 0.504. The number of aliphatic carboxylic acids is 2. The van der Waals surface area contributed by atoms with Crippen LogP contribution in [0.3, 0.4) is 0 Å². The van der Waals surface area contributed by atoms with Crippen molar-refractivity contribution in [2.45, 2.75) is 57.2 Å². The highest BCUT2D eigenvalue weighted by Crippen LogP contribution is 2.48. The SMILES string of the molecule is NC1C2CCC(C2)C1C/C=C\CCCC(=O)O.O=C(O)C(F)(F)F. The van der Waals surface area contributed by atoms with Gasteiger partial charge in [-0.15, -0.1) is 0 Å². The van der Waals surface area contributed by atoms with Crippen molar-refractivity contribution >= 4 is 11.9 Å². The Bertz CT molecular complexity index is 463. The van der Waals surface area contributed by atoms with Crippen LogP contribution in [-0.2, 0) is 9.59 Å². The molecule has 138 valence electrons. The highest BCUT2D eigenvalue weighted by molar-refractivity contribution is 5.73. The zero-order valence-corrected chi connectivity index (χ0v) is 13.3. The number of carbonyl (C=O) groups is 2. The summed E-state index contributed by atoms with van der Waals surface area (Å²) in [5, 5.41) is 15.6. The molecular formula is C16H24F3NO4. The topological polar surface area (TPSA) is 101 Å². The van der Waals surface area contributed by atoms with E-state index in [0.29, 0.717) is 12.0 Å². The number of fused-ring (bicyclic) bond motifs is 2. The number of hydrogen-bond acceptors (Lipinski definition) is 3. The molecule has 0 aromatic heterocycles. The molecule has 4 atom stereocenters. The van der Waals surface area contributed by atoms with Gasteiger partial charge in [0.15, 0.2) is 0 Å².